The smallest absolute Gasteiger partial charge is 0.410 e. The average molecular weight is 615 g/mol. The molecule has 0 N–H and O–H groups in total. The molecule has 2 saturated heterocycles. The third kappa shape index (κ3) is 8.13. The number of halogens is 1. The molecule has 0 radical (unpaired) electrons. The summed E-state index contributed by atoms with van der Waals surface area (Å²) in [5, 5.41) is 8.54. The first-order chi connectivity index (χ1) is 20.9. The van der Waals surface area contributed by atoms with Gasteiger partial charge in [0.25, 0.3) is 5.91 Å². The van der Waals surface area contributed by atoms with Crippen LogP contribution >= 0.6 is 0 Å². The van der Waals surface area contributed by atoms with Crippen molar-refractivity contribution in [2.24, 2.45) is 11.8 Å². The maximum Gasteiger partial charge on any atom is 0.410 e. The third-order valence-electron chi connectivity index (χ3n) is 7.83. The SMILES string of the molecule is CCCCc1c(C(=O)N(CC(C)C)[C@H]2C[C@@H](C(=O)N3CCOCC3)CN(C(=O)OC(C)(C)C)C2)nnn1-c1ccccc1F. The minimum atomic E-state index is -0.722. The largest absolute Gasteiger partial charge is 0.444 e. The summed E-state index contributed by atoms with van der Waals surface area (Å²) in [6.45, 7) is 14.2. The molecule has 2 atom stereocenters. The zero-order valence-electron chi connectivity index (χ0n) is 26.9. The number of benzene rings is 1. The van der Waals surface area contributed by atoms with Crippen LogP contribution in [0.3, 0.4) is 0 Å². The van der Waals surface area contributed by atoms with Gasteiger partial charge in [0.05, 0.1) is 30.9 Å². The van der Waals surface area contributed by atoms with Gasteiger partial charge in [-0.1, -0.05) is 44.5 Å². The highest BCUT2D eigenvalue weighted by Gasteiger charge is 2.42. The second kappa shape index (κ2) is 14.5. The first-order valence-corrected chi connectivity index (χ1v) is 15.7. The molecule has 3 amide bonds. The Labute approximate surface area is 259 Å². The first kappa shape index (κ1) is 33.4. The lowest BCUT2D eigenvalue weighted by atomic mass is 9.91. The molecule has 1 aromatic heterocycles. The minimum Gasteiger partial charge on any atom is -0.444 e. The number of aromatic nitrogens is 3. The maximum atomic E-state index is 14.8. The van der Waals surface area contributed by atoms with Crippen molar-refractivity contribution in [1.29, 1.82) is 0 Å². The summed E-state index contributed by atoms with van der Waals surface area (Å²) < 4.78 is 27.4. The lowest BCUT2D eigenvalue weighted by Gasteiger charge is -2.44. The number of para-hydroxylation sites is 1. The van der Waals surface area contributed by atoms with Crippen LogP contribution in [0.4, 0.5) is 9.18 Å². The molecule has 0 bridgehead atoms. The number of hydrogen-bond donors (Lipinski definition) is 0. The number of hydrogen-bond acceptors (Lipinski definition) is 7. The number of carbonyl (C=O) groups excluding carboxylic acids is 3. The summed E-state index contributed by atoms with van der Waals surface area (Å²) in [6, 6.07) is 5.81. The Morgan fingerprint density at radius 1 is 1.11 bits per heavy atom. The van der Waals surface area contributed by atoms with E-state index in [9.17, 15) is 18.8 Å². The molecule has 12 heteroatoms. The summed E-state index contributed by atoms with van der Waals surface area (Å²) in [4.78, 5) is 46.6. The van der Waals surface area contributed by atoms with Crippen LogP contribution in [0.2, 0.25) is 0 Å². The molecule has 242 valence electrons. The van der Waals surface area contributed by atoms with Gasteiger partial charge in [0.15, 0.2) is 5.69 Å². The highest BCUT2D eigenvalue weighted by Crippen LogP contribution is 2.28. The van der Waals surface area contributed by atoms with Crippen LogP contribution in [-0.2, 0) is 20.7 Å². The average Bonchev–Trinajstić information content (AvgIpc) is 3.41. The molecule has 1 aromatic carbocycles. The highest BCUT2D eigenvalue weighted by atomic mass is 19.1. The molecule has 44 heavy (non-hydrogen) atoms. The zero-order chi connectivity index (χ0) is 32.0. The van der Waals surface area contributed by atoms with E-state index in [1.165, 1.54) is 10.7 Å². The highest BCUT2D eigenvalue weighted by molar-refractivity contribution is 5.94. The molecule has 0 aliphatic carbocycles. The minimum absolute atomic E-state index is 0.0577. The molecule has 0 spiro atoms. The molecule has 3 heterocycles. The fourth-order valence-electron chi connectivity index (χ4n) is 5.78. The summed E-state index contributed by atoms with van der Waals surface area (Å²) in [5.74, 6) is -1.29. The Balaban J connectivity index is 1.71. The van der Waals surface area contributed by atoms with E-state index >= 15 is 0 Å². The van der Waals surface area contributed by atoms with Crippen molar-refractivity contribution in [3.63, 3.8) is 0 Å². The van der Waals surface area contributed by atoms with E-state index in [0.29, 0.717) is 51.4 Å². The fourth-order valence-corrected chi connectivity index (χ4v) is 5.78. The number of nitrogens with zero attached hydrogens (tertiary/aromatic N) is 6. The van der Waals surface area contributed by atoms with Crippen molar-refractivity contribution in [2.75, 3.05) is 45.9 Å². The first-order valence-electron chi connectivity index (χ1n) is 15.7. The topological polar surface area (TPSA) is 110 Å². The Bertz CT molecular complexity index is 1300. The number of carbonyl (C=O) groups is 3. The van der Waals surface area contributed by atoms with Crippen LogP contribution in [-0.4, -0.2) is 105 Å². The molecule has 2 aromatic rings. The van der Waals surface area contributed by atoms with Crippen molar-refractivity contribution in [3.8, 4) is 5.69 Å². The molecule has 2 aliphatic rings. The van der Waals surface area contributed by atoms with Crippen LogP contribution in [0.1, 0.15) is 77.0 Å². The summed E-state index contributed by atoms with van der Waals surface area (Å²) in [6.07, 6.45) is 1.98. The Hall–Kier alpha value is -3.54. The zero-order valence-corrected chi connectivity index (χ0v) is 26.9. The molecule has 11 nitrogen and oxygen atoms in total. The predicted octanol–water partition coefficient (Wildman–Crippen LogP) is 4.33. The lowest BCUT2D eigenvalue weighted by molar-refractivity contribution is -0.142. The van der Waals surface area contributed by atoms with Crippen molar-refractivity contribution < 1.29 is 28.2 Å². The van der Waals surface area contributed by atoms with Gasteiger partial charge in [0.2, 0.25) is 5.91 Å². The van der Waals surface area contributed by atoms with Gasteiger partial charge in [-0.15, -0.1) is 5.10 Å². The molecular weight excluding hydrogens is 567 g/mol. The second-order valence-electron chi connectivity index (χ2n) is 13.1. The number of rotatable bonds is 9. The number of amides is 3. The van der Waals surface area contributed by atoms with Gasteiger partial charge >= 0.3 is 6.09 Å². The Kier molecular flexibility index (Phi) is 11.0. The molecule has 4 rings (SSSR count). The van der Waals surface area contributed by atoms with Crippen molar-refractivity contribution in [3.05, 3.63) is 41.5 Å². The van der Waals surface area contributed by atoms with Crippen LogP contribution in [0.15, 0.2) is 24.3 Å². The molecule has 2 fully saturated rings. The number of piperidine rings is 1. The molecule has 0 unspecified atom stereocenters. The van der Waals surface area contributed by atoms with Gasteiger partial charge in [0.1, 0.15) is 17.1 Å². The van der Waals surface area contributed by atoms with Crippen LogP contribution < -0.4 is 0 Å². The van der Waals surface area contributed by atoms with E-state index in [-0.39, 0.29) is 42.2 Å². The summed E-state index contributed by atoms with van der Waals surface area (Å²) >= 11 is 0. The number of morpholine rings is 1. The van der Waals surface area contributed by atoms with Gasteiger partial charge in [-0.05, 0) is 58.1 Å². The maximum absolute atomic E-state index is 14.8. The fraction of sp³-hybridized carbons (Fsp3) is 0.656. The second-order valence-corrected chi connectivity index (χ2v) is 13.1. The third-order valence-corrected chi connectivity index (χ3v) is 7.83. The van der Waals surface area contributed by atoms with E-state index in [4.69, 9.17) is 9.47 Å². The lowest BCUT2D eigenvalue weighted by Crippen LogP contribution is -2.58. The Morgan fingerprint density at radius 2 is 1.82 bits per heavy atom. The van der Waals surface area contributed by atoms with Gasteiger partial charge in [-0.25, -0.2) is 13.9 Å². The standard InChI is InChI=1S/C32H47FN6O5/c1-7-8-12-27-28(34-35-39(27)26-13-10-9-11-25(26)33)30(41)38(19-22(2)3)24-18-23(29(40)36-14-16-43-17-15-36)20-37(21-24)31(42)44-32(4,5)6/h9-11,13,22-24H,7-8,12,14-21H2,1-6H3/t23-,24+/m1/s1. The molecule has 0 saturated carbocycles. The number of ether oxygens (including phenoxy) is 2. The quantitative estimate of drug-likeness (QED) is 0.414. The van der Waals surface area contributed by atoms with Crippen molar-refractivity contribution >= 4 is 17.9 Å². The van der Waals surface area contributed by atoms with Crippen LogP contribution in [0, 0.1) is 17.7 Å². The number of likely N-dealkylation sites (tertiary alicyclic amines) is 1. The normalized spacial score (nSPS) is 19.3. The summed E-state index contributed by atoms with van der Waals surface area (Å²) in [7, 11) is 0. The van der Waals surface area contributed by atoms with Crippen molar-refractivity contribution in [1.82, 2.24) is 29.7 Å². The van der Waals surface area contributed by atoms with Gasteiger partial charge in [-0.2, -0.15) is 0 Å². The van der Waals surface area contributed by atoms with Gasteiger partial charge < -0.3 is 24.2 Å². The molecular formula is C32H47FN6O5. The van der Waals surface area contributed by atoms with E-state index in [1.54, 1.807) is 53.7 Å². The van der Waals surface area contributed by atoms with E-state index < -0.39 is 29.5 Å². The number of unbranched alkanes of at least 4 members (excludes halogenated alkanes) is 1. The van der Waals surface area contributed by atoms with Crippen LogP contribution in [0.25, 0.3) is 5.69 Å². The Morgan fingerprint density at radius 3 is 2.45 bits per heavy atom. The van der Waals surface area contributed by atoms with Gasteiger partial charge in [0, 0.05) is 32.7 Å². The monoisotopic (exact) mass is 614 g/mol. The van der Waals surface area contributed by atoms with Crippen LogP contribution in [0.5, 0.6) is 0 Å². The van der Waals surface area contributed by atoms with E-state index in [2.05, 4.69) is 10.3 Å². The molecule has 2 aliphatic heterocycles. The van der Waals surface area contributed by atoms with Gasteiger partial charge in [-0.3, -0.25) is 9.59 Å². The van der Waals surface area contributed by atoms with E-state index in [0.717, 1.165) is 12.8 Å². The summed E-state index contributed by atoms with van der Waals surface area (Å²) in [5.41, 5.74) is 0.204. The van der Waals surface area contributed by atoms with Crippen molar-refractivity contribution in [2.45, 2.75) is 78.9 Å². The van der Waals surface area contributed by atoms with E-state index in [1.807, 2.05) is 20.8 Å². The predicted molar refractivity (Wildman–Crippen MR) is 163 cm³/mol.